The smallest absolute Gasteiger partial charge is 0.270 e. The summed E-state index contributed by atoms with van der Waals surface area (Å²) in [4.78, 5) is 22.3. The summed E-state index contributed by atoms with van der Waals surface area (Å²) in [5.74, 6) is -0.715. The van der Waals surface area contributed by atoms with Crippen molar-refractivity contribution in [2.75, 3.05) is 6.26 Å². The van der Waals surface area contributed by atoms with Crippen LogP contribution in [0.3, 0.4) is 0 Å². The highest BCUT2D eigenvalue weighted by molar-refractivity contribution is 7.84. The lowest BCUT2D eigenvalue weighted by molar-refractivity contribution is 0.0935. The minimum atomic E-state index is -1.05. The molecule has 156 valence electrons. The molecule has 0 spiro atoms. The van der Waals surface area contributed by atoms with Crippen molar-refractivity contribution in [1.29, 1.82) is 0 Å². The van der Waals surface area contributed by atoms with Gasteiger partial charge < -0.3 is 5.32 Å². The lowest BCUT2D eigenvalue weighted by Crippen LogP contribution is -2.27. The quantitative estimate of drug-likeness (QED) is 0.497. The number of hydrogen-bond acceptors (Lipinski definition) is 4. The van der Waals surface area contributed by atoms with Crippen molar-refractivity contribution in [3.8, 4) is 11.1 Å². The maximum atomic E-state index is 14.3. The molecular weight excluding hydrogens is 413 g/mol. The van der Waals surface area contributed by atoms with Gasteiger partial charge in [-0.25, -0.2) is 9.37 Å². The summed E-state index contributed by atoms with van der Waals surface area (Å²) in [5, 5.41) is 3.65. The topological polar surface area (TPSA) is 72.0 Å². The van der Waals surface area contributed by atoms with Crippen LogP contribution in [0.1, 0.15) is 29.0 Å². The Hall–Kier alpha value is -3.45. The Labute approximate surface area is 181 Å². The summed E-state index contributed by atoms with van der Waals surface area (Å²) in [5.41, 5.74) is 2.54. The number of nitrogens with zero attached hydrogens (tertiary/aromatic N) is 2. The Kier molecular flexibility index (Phi) is 5.86. The highest BCUT2D eigenvalue weighted by atomic mass is 32.2. The van der Waals surface area contributed by atoms with Crippen molar-refractivity contribution in [3.05, 3.63) is 90.1 Å². The summed E-state index contributed by atoms with van der Waals surface area (Å²) >= 11 is 0. The number of aromatic nitrogens is 2. The molecule has 1 N–H and O–H groups in total. The van der Waals surface area contributed by atoms with Gasteiger partial charge in [-0.1, -0.05) is 30.3 Å². The summed E-state index contributed by atoms with van der Waals surface area (Å²) in [7, 11) is -1.05. The van der Waals surface area contributed by atoms with Gasteiger partial charge in [-0.3, -0.25) is 14.0 Å². The molecule has 0 aliphatic heterocycles. The van der Waals surface area contributed by atoms with E-state index in [1.54, 1.807) is 61.1 Å². The zero-order valence-electron chi connectivity index (χ0n) is 17.0. The Balaban J connectivity index is 1.63. The van der Waals surface area contributed by atoms with Crippen molar-refractivity contribution in [2.45, 2.75) is 17.9 Å². The first-order valence-corrected chi connectivity index (χ1v) is 11.2. The summed E-state index contributed by atoms with van der Waals surface area (Å²) in [6, 6.07) is 16.8. The van der Waals surface area contributed by atoms with Crippen LogP contribution in [-0.4, -0.2) is 26.3 Å². The van der Waals surface area contributed by atoms with Crippen molar-refractivity contribution in [3.63, 3.8) is 0 Å². The van der Waals surface area contributed by atoms with Crippen molar-refractivity contribution in [2.24, 2.45) is 0 Å². The molecule has 2 aromatic heterocycles. The van der Waals surface area contributed by atoms with Crippen LogP contribution in [0.4, 0.5) is 4.39 Å². The van der Waals surface area contributed by atoms with Gasteiger partial charge in [0.25, 0.3) is 5.91 Å². The van der Waals surface area contributed by atoms with E-state index in [0.717, 1.165) is 10.5 Å². The zero-order chi connectivity index (χ0) is 22.0. The average molecular weight is 434 g/mol. The van der Waals surface area contributed by atoms with Gasteiger partial charge in [0.15, 0.2) is 0 Å². The largest absolute Gasteiger partial charge is 0.344 e. The van der Waals surface area contributed by atoms with Gasteiger partial charge in [0.2, 0.25) is 0 Å². The third-order valence-corrected chi connectivity index (χ3v) is 5.99. The van der Waals surface area contributed by atoms with E-state index in [1.165, 1.54) is 6.07 Å². The van der Waals surface area contributed by atoms with Crippen LogP contribution in [-0.2, 0) is 10.8 Å². The van der Waals surface area contributed by atoms with E-state index in [0.29, 0.717) is 22.0 Å². The van der Waals surface area contributed by atoms with Gasteiger partial charge in [0.05, 0.1) is 11.6 Å². The maximum Gasteiger partial charge on any atom is 0.270 e. The number of fused-ring (bicyclic) bond motifs is 1. The second-order valence-corrected chi connectivity index (χ2v) is 8.53. The van der Waals surface area contributed by atoms with E-state index in [1.807, 2.05) is 19.1 Å². The van der Waals surface area contributed by atoms with Gasteiger partial charge in [-0.2, -0.15) is 0 Å². The molecule has 0 aliphatic rings. The van der Waals surface area contributed by atoms with E-state index in [4.69, 9.17) is 0 Å². The van der Waals surface area contributed by atoms with Crippen molar-refractivity contribution in [1.82, 2.24) is 15.3 Å². The van der Waals surface area contributed by atoms with Gasteiger partial charge in [-0.15, -0.1) is 0 Å². The lowest BCUT2D eigenvalue weighted by atomic mass is 10.0. The summed E-state index contributed by atoms with van der Waals surface area (Å²) in [6.45, 7) is 1.87. The predicted octanol–water partition coefficient (Wildman–Crippen LogP) is 4.66. The molecule has 1 amide bonds. The highest BCUT2D eigenvalue weighted by Gasteiger charge is 2.16. The number of benzene rings is 2. The first kappa shape index (κ1) is 20.8. The molecule has 5 nitrogen and oxygen atoms in total. The fourth-order valence-corrected chi connectivity index (χ4v) is 3.87. The molecule has 0 radical (unpaired) electrons. The van der Waals surface area contributed by atoms with E-state index in [9.17, 15) is 13.4 Å². The first-order chi connectivity index (χ1) is 14.9. The standard InChI is InChI=1S/C24H20FN3O2S/c1-15(16-7-10-18(11-8-16)31(2)30)27-24(29)22-12-9-17-13-26-14-20(23(17)28-22)19-5-3-4-6-21(19)25/h3-15H,1-2H3,(H,27,29). The fourth-order valence-electron chi connectivity index (χ4n) is 3.35. The normalized spacial score (nSPS) is 13.0. The Morgan fingerprint density at radius 1 is 1.00 bits per heavy atom. The zero-order valence-corrected chi connectivity index (χ0v) is 17.8. The van der Waals surface area contributed by atoms with Crippen LogP contribution in [0.25, 0.3) is 22.0 Å². The second-order valence-electron chi connectivity index (χ2n) is 7.15. The van der Waals surface area contributed by atoms with Crippen LogP contribution in [0.15, 0.2) is 78.0 Å². The monoisotopic (exact) mass is 433 g/mol. The maximum absolute atomic E-state index is 14.3. The van der Waals surface area contributed by atoms with Gasteiger partial charge >= 0.3 is 0 Å². The van der Waals surface area contributed by atoms with Crippen molar-refractivity contribution >= 4 is 27.6 Å². The van der Waals surface area contributed by atoms with Crippen LogP contribution in [0, 0.1) is 5.82 Å². The van der Waals surface area contributed by atoms with Gasteiger partial charge in [-0.05, 0) is 42.8 Å². The third kappa shape index (κ3) is 4.36. The predicted molar refractivity (Wildman–Crippen MR) is 120 cm³/mol. The highest BCUT2D eigenvalue weighted by Crippen LogP contribution is 2.28. The molecule has 0 fully saturated rings. The molecular formula is C24H20FN3O2S. The number of carbonyl (C=O) groups excluding carboxylic acids is 1. The molecule has 2 aromatic carbocycles. The number of amides is 1. The molecule has 2 unspecified atom stereocenters. The van der Waals surface area contributed by atoms with E-state index in [2.05, 4.69) is 15.3 Å². The first-order valence-electron chi connectivity index (χ1n) is 9.68. The minimum absolute atomic E-state index is 0.231. The number of nitrogens with one attached hydrogen (secondary N) is 1. The SMILES string of the molecule is CC(NC(=O)c1ccc2cncc(-c3ccccc3F)c2n1)c1ccc(S(C)=O)cc1. The van der Waals surface area contributed by atoms with Crippen LogP contribution >= 0.6 is 0 Å². The van der Waals surface area contributed by atoms with Gasteiger partial charge in [0.1, 0.15) is 11.5 Å². The number of hydrogen-bond donors (Lipinski definition) is 1. The molecule has 4 aromatic rings. The van der Waals surface area contributed by atoms with E-state index < -0.39 is 10.8 Å². The molecule has 0 saturated heterocycles. The number of pyridine rings is 2. The van der Waals surface area contributed by atoms with Crippen molar-refractivity contribution < 1.29 is 13.4 Å². The molecule has 31 heavy (non-hydrogen) atoms. The third-order valence-electron chi connectivity index (χ3n) is 5.06. The molecule has 0 aliphatic carbocycles. The Bertz CT molecular complexity index is 1290. The summed E-state index contributed by atoms with van der Waals surface area (Å²) < 4.78 is 25.9. The molecule has 0 saturated carbocycles. The molecule has 4 rings (SSSR count). The second kappa shape index (κ2) is 8.73. The molecule has 0 bridgehead atoms. The number of carbonyl (C=O) groups is 1. The van der Waals surface area contributed by atoms with E-state index >= 15 is 0 Å². The molecule has 2 heterocycles. The fraction of sp³-hybridized carbons (Fsp3) is 0.125. The van der Waals surface area contributed by atoms with Crippen LogP contribution < -0.4 is 5.32 Å². The van der Waals surface area contributed by atoms with Crippen LogP contribution in [0.5, 0.6) is 0 Å². The average Bonchev–Trinajstić information content (AvgIpc) is 2.78. The number of halogens is 1. The van der Waals surface area contributed by atoms with E-state index in [-0.39, 0.29) is 23.5 Å². The molecule has 7 heteroatoms. The Morgan fingerprint density at radius 3 is 2.45 bits per heavy atom. The van der Waals surface area contributed by atoms with Crippen LogP contribution in [0.2, 0.25) is 0 Å². The lowest BCUT2D eigenvalue weighted by Gasteiger charge is -2.15. The number of rotatable bonds is 5. The Morgan fingerprint density at radius 2 is 1.74 bits per heavy atom. The van der Waals surface area contributed by atoms with Gasteiger partial charge in [0, 0.05) is 50.9 Å². The summed E-state index contributed by atoms with van der Waals surface area (Å²) in [6.07, 6.45) is 4.81. The molecule has 2 atom stereocenters. The minimum Gasteiger partial charge on any atom is -0.344 e.